The van der Waals surface area contributed by atoms with Gasteiger partial charge >= 0.3 is 11.3 Å². The van der Waals surface area contributed by atoms with E-state index < -0.39 is 5.63 Å². The molecule has 5 heteroatoms. The van der Waals surface area contributed by atoms with Crippen LogP contribution < -0.4 is 10.3 Å². The first kappa shape index (κ1) is 11.3. The van der Waals surface area contributed by atoms with E-state index in [-0.39, 0.29) is 11.5 Å². The Labute approximate surface area is 97.6 Å². The summed E-state index contributed by atoms with van der Waals surface area (Å²) in [6.45, 7) is 1.89. The third kappa shape index (κ3) is 2.18. The summed E-state index contributed by atoms with van der Waals surface area (Å²) >= 11 is 0. The molecule has 0 aliphatic heterocycles. The number of ketones is 1. The normalized spacial score (nSPS) is 10.4. The number of carbonyl (C=O) groups is 1. The molecule has 0 radical (unpaired) electrons. The van der Waals surface area contributed by atoms with E-state index in [1.165, 1.54) is 4.68 Å². The van der Waals surface area contributed by atoms with Gasteiger partial charge in [0, 0.05) is 18.6 Å². The highest BCUT2D eigenvalue weighted by molar-refractivity contribution is 5.92. The molecule has 1 aromatic heterocycles. The summed E-state index contributed by atoms with van der Waals surface area (Å²) in [6, 6.07) is 9.07. The van der Waals surface area contributed by atoms with Crippen LogP contribution in [0.2, 0.25) is 0 Å². The zero-order valence-corrected chi connectivity index (χ0v) is 9.47. The van der Waals surface area contributed by atoms with Gasteiger partial charge in [-0.05, 0) is 16.4 Å². The SMILES string of the molecule is CCCC(=O)c1c(=O)o[nH][n+]1-c1ccccc1. The first-order chi connectivity index (χ1) is 8.24. The molecular weight excluding hydrogens is 220 g/mol. The Balaban J connectivity index is 2.50. The van der Waals surface area contributed by atoms with Crippen molar-refractivity contribution in [3.05, 3.63) is 46.4 Å². The molecule has 5 nitrogen and oxygen atoms in total. The van der Waals surface area contributed by atoms with Crippen LogP contribution in [-0.2, 0) is 0 Å². The molecule has 0 bridgehead atoms. The maximum absolute atomic E-state index is 11.8. The minimum Gasteiger partial charge on any atom is -0.287 e. The van der Waals surface area contributed by atoms with Crippen LogP contribution in [0.3, 0.4) is 0 Å². The minimum absolute atomic E-state index is 0.0399. The molecule has 0 saturated heterocycles. The molecule has 2 rings (SSSR count). The van der Waals surface area contributed by atoms with Crippen molar-refractivity contribution < 1.29 is 14.0 Å². The Morgan fingerprint density at radius 3 is 2.71 bits per heavy atom. The lowest BCUT2D eigenvalue weighted by Gasteiger charge is -1.92. The second-order valence-electron chi connectivity index (χ2n) is 3.67. The molecule has 0 saturated carbocycles. The smallest absolute Gasteiger partial charge is 0.287 e. The third-order valence-electron chi connectivity index (χ3n) is 2.40. The summed E-state index contributed by atoms with van der Waals surface area (Å²) in [7, 11) is 0. The molecule has 0 atom stereocenters. The molecule has 17 heavy (non-hydrogen) atoms. The maximum atomic E-state index is 11.8. The van der Waals surface area contributed by atoms with Crippen LogP contribution in [0.15, 0.2) is 39.6 Å². The van der Waals surface area contributed by atoms with E-state index >= 15 is 0 Å². The average molecular weight is 233 g/mol. The second kappa shape index (κ2) is 4.78. The summed E-state index contributed by atoms with van der Waals surface area (Å²) in [6.07, 6.45) is 1.02. The number of hydrogen-bond donors (Lipinski definition) is 1. The van der Waals surface area contributed by atoms with Gasteiger partial charge < -0.3 is 0 Å². The topological polar surface area (TPSA) is 67.0 Å². The van der Waals surface area contributed by atoms with Crippen molar-refractivity contribution in [2.45, 2.75) is 19.8 Å². The molecular formula is C12H13N2O3+. The molecule has 88 valence electrons. The Bertz CT molecular complexity index is 569. The first-order valence-electron chi connectivity index (χ1n) is 5.46. The number of benzene rings is 1. The van der Waals surface area contributed by atoms with Crippen LogP contribution in [-0.4, -0.2) is 11.1 Å². The lowest BCUT2D eigenvalue weighted by Crippen LogP contribution is -2.40. The molecule has 0 fully saturated rings. The Morgan fingerprint density at radius 1 is 1.35 bits per heavy atom. The van der Waals surface area contributed by atoms with Gasteiger partial charge in [0.1, 0.15) is 0 Å². The molecule has 0 aliphatic carbocycles. The van der Waals surface area contributed by atoms with Gasteiger partial charge in [0.15, 0.2) is 0 Å². The third-order valence-corrected chi connectivity index (χ3v) is 2.40. The first-order valence-corrected chi connectivity index (χ1v) is 5.46. The minimum atomic E-state index is -0.632. The summed E-state index contributed by atoms with van der Waals surface area (Å²) < 4.78 is 6.05. The monoisotopic (exact) mass is 233 g/mol. The van der Waals surface area contributed by atoms with Gasteiger partial charge in [-0.1, -0.05) is 25.1 Å². The standard InChI is InChI=1S/C12H12N2O3/c1-2-6-10(15)11-12(16)17-13-14(11)9-7-4-3-5-8-9/h3-5,7-8H,2,6H2,1H3/p+1. The van der Waals surface area contributed by atoms with Crippen molar-refractivity contribution in [3.63, 3.8) is 0 Å². The fourth-order valence-corrected chi connectivity index (χ4v) is 1.62. The molecule has 0 aliphatic rings. The number of hydrogen-bond acceptors (Lipinski definition) is 3. The second-order valence-corrected chi connectivity index (χ2v) is 3.67. The number of rotatable bonds is 4. The predicted molar refractivity (Wildman–Crippen MR) is 60.1 cm³/mol. The molecule has 1 heterocycles. The van der Waals surface area contributed by atoms with Crippen LogP contribution in [0.25, 0.3) is 5.69 Å². The zero-order valence-electron chi connectivity index (χ0n) is 9.47. The summed E-state index contributed by atoms with van der Waals surface area (Å²) in [4.78, 5) is 23.3. The van der Waals surface area contributed by atoms with Crippen molar-refractivity contribution in [3.8, 4) is 5.69 Å². The van der Waals surface area contributed by atoms with Crippen molar-refractivity contribution in [1.29, 1.82) is 0 Å². The maximum Gasteiger partial charge on any atom is 0.438 e. The van der Waals surface area contributed by atoms with Crippen molar-refractivity contribution >= 4 is 5.78 Å². The number of Topliss-reactive ketones (excluding diaryl/α,β-unsaturated/α-hetero) is 1. The van der Waals surface area contributed by atoms with E-state index in [1.807, 2.05) is 25.1 Å². The fourth-order valence-electron chi connectivity index (χ4n) is 1.62. The van der Waals surface area contributed by atoms with Gasteiger partial charge in [-0.25, -0.2) is 4.79 Å². The molecule has 1 N–H and O–H groups in total. The number of para-hydroxylation sites is 1. The van der Waals surface area contributed by atoms with E-state index in [1.54, 1.807) is 12.1 Å². The number of nitrogens with one attached hydrogen (secondary N) is 1. The summed E-state index contributed by atoms with van der Waals surface area (Å²) in [5, 5.41) is 2.44. The lowest BCUT2D eigenvalue weighted by atomic mass is 10.2. The number of H-pyrrole nitrogens is 1. The van der Waals surface area contributed by atoms with Crippen LogP contribution in [0.1, 0.15) is 30.3 Å². The Morgan fingerprint density at radius 2 is 2.06 bits per heavy atom. The van der Waals surface area contributed by atoms with Crippen LogP contribution >= 0.6 is 0 Å². The quantitative estimate of drug-likeness (QED) is 0.638. The van der Waals surface area contributed by atoms with E-state index in [2.05, 4.69) is 9.79 Å². The number of aromatic amines is 1. The molecule has 1 aromatic carbocycles. The fraction of sp³-hybridized carbons (Fsp3) is 0.250. The highest BCUT2D eigenvalue weighted by Crippen LogP contribution is 2.01. The average Bonchev–Trinajstić information content (AvgIpc) is 2.73. The number of aromatic nitrogens is 2. The van der Waals surface area contributed by atoms with Gasteiger partial charge in [0.25, 0.3) is 0 Å². The number of nitrogens with zero attached hydrogens (tertiary/aromatic N) is 1. The van der Waals surface area contributed by atoms with Crippen molar-refractivity contribution in [1.82, 2.24) is 5.27 Å². The summed E-state index contributed by atoms with van der Waals surface area (Å²) in [5.74, 6) is -0.216. The van der Waals surface area contributed by atoms with Crippen LogP contribution in [0.5, 0.6) is 0 Å². The molecule has 0 amide bonds. The zero-order chi connectivity index (χ0) is 12.3. The van der Waals surface area contributed by atoms with Crippen molar-refractivity contribution in [2.75, 3.05) is 0 Å². The summed E-state index contributed by atoms with van der Waals surface area (Å²) in [5.41, 5.74) is 0.100. The van der Waals surface area contributed by atoms with Gasteiger partial charge in [0.05, 0.1) is 0 Å². The Kier molecular flexibility index (Phi) is 3.18. The van der Waals surface area contributed by atoms with E-state index in [4.69, 9.17) is 0 Å². The molecule has 0 spiro atoms. The van der Waals surface area contributed by atoms with Crippen LogP contribution in [0.4, 0.5) is 0 Å². The van der Waals surface area contributed by atoms with Gasteiger partial charge in [-0.2, -0.15) is 0 Å². The predicted octanol–water partition coefficient (Wildman–Crippen LogP) is 1.23. The highest BCUT2D eigenvalue weighted by atomic mass is 16.5. The van der Waals surface area contributed by atoms with Gasteiger partial charge in [-0.15, -0.1) is 0 Å². The highest BCUT2D eigenvalue weighted by Gasteiger charge is 2.29. The van der Waals surface area contributed by atoms with E-state index in [0.717, 1.165) is 0 Å². The lowest BCUT2D eigenvalue weighted by molar-refractivity contribution is -0.672. The van der Waals surface area contributed by atoms with Crippen LogP contribution in [0, 0.1) is 0 Å². The van der Waals surface area contributed by atoms with Gasteiger partial charge in [0.2, 0.25) is 11.5 Å². The van der Waals surface area contributed by atoms with E-state index in [9.17, 15) is 9.59 Å². The molecule has 2 aromatic rings. The molecule has 0 unspecified atom stereocenters. The van der Waals surface area contributed by atoms with Gasteiger partial charge in [-0.3, -0.25) is 9.32 Å². The van der Waals surface area contributed by atoms with E-state index in [0.29, 0.717) is 18.5 Å². The largest absolute Gasteiger partial charge is 0.438 e. The Hall–Kier alpha value is -2.17. The number of carbonyl (C=O) groups excluding carboxylic acids is 1. The van der Waals surface area contributed by atoms with Crippen molar-refractivity contribution in [2.24, 2.45) is 0 Å².